The van der Waals surface area contributed by atoms with Crippen molar-refractivity contribution in [2.24, 2.45) is 5.73 Å². The van der Waals surface area contributed by atoms with Gasteiger partial charge in [0, 0.05) is 0 Å². The third-order valence-corrected chi connectivity index (χ3v) is 3.27. The standard InChI is InChI=1S/C16H14F3NO2/c1-22-15(21)14(20)12-4-2-10(3-5-12)11-6-8-13(9-7-11)16(17,18)19/h2-9,14H,20H2,1H3/t14-/m0/s1. The third kappa shape index (κ3) is 3.46. The van der Waals surface area contributed by atoms with E-state index in [1.165, 1.54) is 19.2 Å². The average molecular weight is 309 g/mol. The highest BCUT2D eigenvalue weighted by Gasteiger charge is 2.29. The predicted octanol–water partition coefficient (Wildman–Crippen LogP) is 3.55. The van der Waals surface area contributed by atoms with Crippen molar-refractivity contribution in [1.29, 1.82) is 0 Å². The van der Waals surface area contributed by atoms with Gasteiger partial charge in [0.15, 0.2) is 0 Å². The summed E-state index contributed by atoms with van der Waals surface area (Å²) in [5.74, 6) is -0.553. The lowest BCUT2D eigenvalue weighted by atomic mass is 10.00. The number of esters is 1. The lowest BCUT2D eigenvalue weighted by Gasteiger charge is -2.11. The maximum absolute atomic E-state index is 12.5. The second-order valence-corrected chi connectivity index (χ2v) is 4.70. The molecule has 0 radical (unpaired) electrons. The Morgan fingerprint density at radius 2 is 1.45 bits per heavy atom. The van der Waals surface area contributed by atoms with Gasteiger partial charge in [-0.3, -0.25) is 4.79 Å². The summed E-state index contributed by atoms with van der Waals surface area (Å²) >= 11 is 0. The zero-order valence-electron chi connectivity index (χ0n) is 11.7. The molecule has 2 rings (SSSR count). The van der Waals surface area contributed by atoms with Crippen LogP contribution in [0.25, 0.3) is 11.1 Å². The van der Waals surface area contributed by atoms with Crippen LogP contribution < -0.4 is 5.73 Å². The number of nitrogens with two attached hydrogens (primary N) is 1. The Kier molecular flexibility index (Phi) is 4.51. The van der Waals surface area contributed by atoms with E-state index < -0.39 is 23.8 Å². The molecular formula is C16H14F3NO2. The third-order valence-electron chi connectivity index (χ3n) is 3.27. The molecule has 2 N–H and O–H groups in total. The van der Waals surface area contributed by atoms with Crippen LogP contribution >= 0.6 is 0 Å². The largest absolute Gasteiger partial charge is 0.468 e. The molecule has 1 atom stereocenters. The molecule has 0 unspecified atom stereocenters. The summed E-state index contributed by atoms with van der Waals surface area (Å²) in [4.78, 5) is 11.3. The summed E-state index contributed by atoms with van der Waals surface area (Å²) in [6, 6.07) is 10.7. The summed E-state index contributed by atoms with van der Waals surface area (Å²) in [5.41, 5.74) is 6.96. The van der Waals surface area contributed by atoms with Crippen LogP contribution in [0, 0.1) is 0 Å². The van der Waals surface area contributed by atoms with E-state index in [2.05, 4.69) is 4.74 Å². The van der Waals surface area contributed by atoms with E-state index >= 15 is 0 Å². The number of hydrogen-bond acceptors (Lipinski definition) is 3. The molecule has 0 fully saturated rings. The summed E-state index contributed by atoms with van der Waals surface area (Å²) in [6.07, 6.45) is -4.35. The summed E-state index contributed by atoms with van der Waals surface area (Å²) in [5, 5.41) is 0. The number of rotatable bonds is 3. The van der Waals surface area contributed by atoms with Crippen LogP contribution in [0.5, 0.6) is 0 Å². The maximum atomic E-state index is 12.5. The molecule has 2 aromatic rings. The second-order valence-electron chi connectivity index (χ2n) is 4.70. The van der Waals surface area contributed by atoms with Crippen LogP contribution in [0.4, 0.5) is 13.2 Å². The minimum absolute atomic E-state index is 0.553. The van der Waals surface area contributed by atoms with Gasteiger partial charge >= 0.3 is 12.1 Å². The van der Waals surface area contributed by atoms with Crippen molar-refractivity contribution in [2.75, 3.05) is 7.11 Å². The highest BCUT2D eigenvalue weighted by atomic mass is 19.4. The molecule has 0 saturated carbocycles. The molecule has 0 saturated heterocycles. The monoisotopic (exact) mass is 309 g/mol. The first kappa shape index (κ1) is 16.0. The minimum atomic E-state index is -4.35. The van der Waals surface area contributed by atoms with Crippen molar-refractivity contribution < 1.29 is 22.7 Å². The quantitative estimate of drug-likeness (QED) is 0.882. The van der Waals surface area contributed by atoms with E-state index in [9.17, 15) is 18.0 Å². The average Bonchev–Trinajstić information content (AvgIpc) is 2.53. The highest BCUT2D eigenvalue weighted by Crippen LogP contribution is 2.31. The SMILES string of the molecule is COC(=O)[C@@H](N)c1ccc(-c2ccc(C(F)(F)F)cc2)cc1. The lowest BCUT2D eigenvalue weighted by Crippen LogP contribution is -2.22. The molecule has 22 heavy (non-hydrogen) atoms. The van der Waals surface area contributed by atoms with Crippen molar-refractivity contribution in [3.05, 3.63) is 59.7 Å². The fourth-order valence-electron chi connectivity index (χ4n) is 2.00. The zero-order chi connectivity index (χ0) is 16.3. The minimum Gasteiger partial charge on any atom is -0.468 e. The van der Waals surface area contributed by atoms with E-state index in [4.69, 9.17) is 5.73 Å². The molecule has 116 valence electrons. The molecule has 0 amide bonds. The first-order valence-corrected chi connectivity index (χ1v) is 6.44. The Bertz CT molecular complexity index is 649. The number of methoxy groups -OCH3 is 1. The van der Waals surface area contributed by atoms with Crippen molar-refractivity contribution in [3.8, 4) is 11.1 Å². The van der Waals surface area contributed by atoms with E-state index in [-0.39, 0.29) is 0 Å². The predicted molar refractivity (Wildman–Crippen MR) is 75.8 cm³/mol. The van der Waals surface area contributed by atoms with Gasteiger partial charge in [-0.1, -0.05) is 36.4 Å². The summed E-state index contributed by atoms with van der Waals surface area (Å²) in [6.45, 7) is 0. The molecule has 0 aromatic heterocycles. The van der Waals surface area contributed by atoms with Gasteiger partial charge in [0.2, 0.25) is 0 Å². The van der Waals surface area contributed by atoms with Crippen LogP contribution in [0.3, 0.4) is 0 Å². The number of carbonyl (C=O) groups excluding carboxylic acids is 1. The van der Waals surface area contributed by atoms with Crippen molar-refractivity contribution >= 4 is 5.97 Å². The summed E-state index contributed by atoms with van der Waals surface area (Å²) in [7, 11) is 1.25. The van der Waals surface area contributed by atoms with Crippen molar-refractivity contribution in [1.82, 2.24) is 0 Å². The van der Waals surface area contributed by atoms with Gasteiger partial charge in [0.05, 0.1) is 12.7 Å². The molecule has 0 aliphatic heterocycles. The number of halogens is 3. The van der Waals surface area contributed by atoms with Gasteiger partial charge in [-0.15, -0.1) is 0 Å². The molecule has 0 heterocycles. The van der Waals surface area contributed by atoms with Gasteiger partial charge < -0.3 is 10.5 Å². The number of benzene rings is 2. The fourth-order valence-corrected chi connectivity index (χ4v) is 2.00. The van der Waals surface area contributed by atoms with Crippen molar-refractivity contribution in [3.63, 3.8) is 0 Å². The van der Waals surface area contributed by atoms with Gasteiger partial charge in [-0.25, -0.2) is 0 Å². The van der Waals surface area contributed by atoms with Crippen molar-refractivity contribution in [2.45, 2.75) is 12.2 Å². The molecule has 2 aromatic carbocycles. The number of carbonyl (C=O) groups is 1. The van der Waals surface area contributed by atoms with Crippen LogP contribution in [0.2, 0.25) is 0 Å². The number of ether oxygens (including phenoxy) is 1. The normalized spacial score (nSPS) is 12.8. The van der Waals surface area contributed by atoms with Gasteiger partial charge in [0.1, 0.15) is 6.04 Å². The smallest absolute Gasteiger partial charge is 0.416 e. The van der Waals surface area contributed by atoms with Gasteiger partial charge in [-0.05, 0) is 28.8 Å². The first-order chi connectivity index (χ1) is 10.3. The molecule has 6 heteroatoms. The molecule has 3 nitrogen and oxygen atoms in total. The highest BCUT2D eigenvalue weighted by molar-refractivity contribution is 5.77. The Balaban J connectivity index is 2.22. The molecule has 0 bridgehead atoms. The second kappa shape index (κ2) is 6.19. The van der Waals surface area contributed by atoms with Gasteiger partial charge in [0.25, 0.3) is 0 Å². The van der Waals surface area contributed by atoms with E-state index in [0.29, 0.717) is 11.1 Å². The van der Waals surface area contributed by atoms with Crippen LogP contribution in [0.1, 0.15) is 17.2 Å². The van der Waals surface area contributed by atoms with Gasteiger partial charge in [-0.2, -0.15) is 13.2 Å². The van der Waals surface area contributed by atoms with E-state index in [1.54, 1.807) is 24.3 Å². The zero-order valence-corrected chi connectivity index (χ0v) is 11.7. The summed E-state index contributed by atoms with van der Waals surface area (Å²) < 4.78 is 42.1. The Morgan fingerprint density at radius 3 is 1.86 bits per heavy atom. The Labute approximate surface area is 125 Å². The van der Waals surface area contributed by atoms with Crippen LogP contribution in [-0.4, -0.2) is 13.1 Å². The van der Waals surface area contributed by atoms with Crippen LogP contribution in [0.15, 0.2) is 48.5 Å². The maximum Gasteiger partial charge on any atom is 0.416 e. The number of hydrogen-bond donors (Lipinski definition) is 1. The lowest BCUT2D eigenvalue weighted by molar-refractivity contribution is -0.142. The molecular weight excluding hydrogens is 295 g/mol. The van der Waals surface area contributed by atoms with E-state index in [1.807, 2.05) is 0 Å². The number of alkyl halides is 3. The Morgan fingerprint density at radius 1 is 1.00 bits per heavy atom. The van der Waals surface area contributed by atoms with Crippen LogP contribution in [-0.2, 0) is 15.7 Å². The Hall–Kier alpha value is -2.34. The first-order valence-electron chi connectivity index (χ1n) is 6.44. The molecule has 0 aliphatic rings. The van der Waals surface area contributed by atoms with E-state index in [0.717, 1.165) is 17.7 Å². The fraction of sp³-hybridized carbons (Fsp3) is 0.188. The topological polar surface area (TPSA) is 52.3 Å². The molecule has 0 aliphatic carbocycles. The molecule has 0 spiro atoms.